The Hall–Kier alpha value is -3.01. The molecule has 0 heterocycles. The van der Waals surface area contributed by atoms with Gasteiger partial charge in [0.1, 0.15) is 6.04 Å². The van der Waals surface area contributed by atoms with Gasteiger partial charge >= 0.3 is 0 Å². The van der Waals surface area contributed by atoms with E-state index in [4.69, 9.17) is 0 Å². The topological polar surface area (TPSA) is 86.8 Å². The van der Waals surface area contributed by atoms with E-state index in [0.29, 0.717) is 12.8 Å². The fourth-order valence-electron chi connectivity index (χ4n) is 4.27. The third-order valence-corrected chi connectivity index (χ3v) is 9.25. The summed E-state index contributed by atoms with van der Waals surface area (Å²) in [6.45, 7) is 4.39. The maximum Gasteiger partial charge on any atom is 0.243 e. The zero-order chi connectivity index (χ0) is 29.1. The predicted molar refractivity (Wildman–Crippen MR) is 162 cm³/mol. The first kappa shape index (κ1) is 31.5. The molecule has 0 aromatic heterocycles. The number of nitrogens with zero attached hydrogens (tertiary/aromatic N) is 2. The Morgan fingerprint density at radius 3 is 2.10 bits per heavy atom. The fraction of sp³-hybridized carbons (Fsp3) is 0.355. The predicted octanol–water partition coefficient (Wildman–Crippen LogP) is 5.40. The molecule has 0 saturated carbocycles. The van der Waals surface area contributed by atoms with Crippen molar-refractivity contribution >= 4 is 37.8 Å². The van der Waals surface area contributed by atoms with Crippen LogP contribution < -0.4 is 5.32 Å². The number of amides is 2. The molecule has 0 aliphatic rings. The van der Waals surface area contributed by atoms with Crippen LogP contribution in [0.5, 0.6) is 0 Å². The molecule has 0 spiro atoms. The zero-order valence-corrected chi connectivity index (χ0v) is 25.7. The molecule has 7 nitrogen and oxygen atoms in total. The number of hydrogen-bond donors (Lipinski definition) is 1. The van der Waals surface area contributed by atoms with Crippen LogP contribution in [0.2, 0.25) is 0 Å². The van der Waals surface area contributed by atoms with Gasteiger partial charge in [0, 0.05) is 43.5 Å². The van der Waals surface area contributed by atoms with Gasteiger partial charge in [-0.1, -0.05) is 83.5 Å². The van der Waals surface area contributed by atoms with Crippen LogP contribution in [0.15, 0.2) is 94.3 Å². The first-order chi connectivity index (χ1) is 19.1. The SMILES string of the molecule is CC[C@H](C)NC(=O)[C@@H](Cc1ccccc1)N(Cc1ccc(Br)cc1)C(=O)CCCN(C)S(=O)(=O)c1ccccc1. The third-order valence-electron chi connectivity index (χ3n) is 6.85. The van der Waals surface area contributed by atoms with Crippen LogP contribution in [0.3, 0.4) is 0 Å². The molecule has 2 atom stereocenters. The van der Waals surface area contributed by atoms with Gasteiger partial charge in [-0.15, -0.1) is 0 Å². The molecule has 0 fully saturated rings. The van der Waals surface area contributed by atoms with E-state index in [1.807, 2.05) is 68.4 Å². The molecule has 3 aromatic carbocycles. The molecule has 1 N–H and O–H groups in total. The van der Waals surface area contributed by atoms with E-state index in [-0.39, 0.29) is 42.3 Å². The summed E-state index contributed by atoms with van der Waals surface area (Å²) in [5, 5.41) is 3.06. The summed E-state index contributed by atoms with van der Waals surface area (Å²) >= 11 is 3.45. The molecule has 3 rings (SSSR count). The smallest absolute Gasteiger partial charge is 0.243 e. The fourth-order valence-corrected chi connectivity index (χ4v) is 5.77. The molecule has 0 bridgehead atoms. The Bertz CT molecular complexity index is 1340. The van der Waals surface area contributed by atoms with Crippen LogP contribution in [-0.2, 0) is 32.6 Å². The van der Waals surface area contributed by atoms with Gasteiger partial charge in [0.05, 0.1) is 4.90 Å². The highest BCUT2D eigenvalue weighted by Crippen LogP contribution is 2.19. The van der Waals surface area contributed by atoms with Crippen molar-refractivity contribution in [3.63, 3.8) is 0 Å². The number of carbonyl (C=O) groups excluding carboxylic acids is 2. The number of nitrogens with one attached hydrogen (secondary N) is 1. The Kier molecular flexibility index (Phi) is 11.9. The van der Waals surface area contributed by atoms with Gasteiger partial charge in [-0.2, -0.15) is 0 Å². The Labute approximate surface area is 246 Å². The zero-order valence-electron chi connectivity index (χ0n) is 23.3. The summed E-state index contributed by atoms with van der Waals surface area (Å²) in [7, 11) is -2.14. The van der Waals surface area contributed by atoms with Crippen LogP contribution >= 0.6 is 15.9 Å². The quantitative estimate of drug-likeness (QED) is 0.259. The lowest BCUT2D eigenvalue weighted by atomic mass is 10.0. The summed E-state index contributed by atoms with van der Waals surface area (Å²) < 4.78 is 28.0. The van der Waals surface area contributed by atoms with E-state index in [1.54, 1.807) is 35.2 Å². The number of benzene rings is 3. The molecule has 0 aliphatic carbocycles. The number of rotatable bonds is 14. The monoisotopic (exact) mass is 627 g/mol. The van der Waals surface area contributed by atoms with E-state index in [9.17, 15) is 18.0 Å². The van der Waals surface area contributed by atoms with E-state index >= 15 is 0 Å². The minimum absolute atomic E-state index is 0.0350. The third kappa shape index (κ3) is 9.01. The standard InChI is InChI=1S/C31H38BrN3O4S/c1-4-24(2)33-31(37)29(22-25-12-7-5-8-13-25)35(23-26-17-19-27(32)20-18-26)30(36)16-11-21-34(3)40(38,39)28-14-9-6-10-15-28/h5-10,12-15,17-20,24,29H,4,11,16,21-23H2,1-3H3,(H,33,37)/t24-,29+/m0/s1. The van der Waals surface area contributed by atoms with Gasteiger partial charge in [-0.25, -0.2) is 12.7 Å². The number of halogens is 1. The van der Waals surface area contributed by atoms with Gasteiger partial charge in [-0.05, 0) is 55.2 Å². The van der Waals surface area contributed by atoms with Crippen molar-refractivity contribution in [2.75, 3.05) is 13.6 Å². The molecule has 2 amide bonds. The summed E-state index contributed by atoms with van der Waals surface area (Å²) in [6.07, 6.45) is 1.57. The number of carbonyl (C=O) groups is 2. The second-order valence-electron chi connectivity index (χ2n) is 9.91. The van der Waals surface area contributed by atoms with Crippen molar-refractivity contribution in [1.82, 2.24) is 14.5 Å². The van der Waals surface area contributed by atoms with Crippen LogP contribution in [-0.4, -0.2) is 55.1 Å². The van der Waals surface area contributed by atoms with Gasteiger partial charge in [-0.3, -0.25) is 9.59 Å². The van der Waals surface area contributed by atoms with Crippen molar-refractivity contribution < 1.29 is 18.0 Å². The van der Waals surface area contributed by atoms with Crippen LogP contribution in [0.25, 0.3) is 0 Å². The van der Waals surface area contributed by atoms with E-state index in [2.05, 4.69) is 21.2 Å². The van der Waals surface area contributed by atoms with E-state index in [0.717, 1.165) is 22.0 Å². The molecule has 9 heteroatoms. The van der Waals surface area contributed by atoms with Crippen molar-refractivity contribution in [2.24, 2.45) is 0 Å². The summed E-state index contributed by atoms with van der Waals surface area (Å²) in [5.41, 5.74) is 1.85. The summed E-state index contributed by atoms with van der Waals surface area (Å²) in [6, 6.07) is 24.8. The molecule has 0 unspecified atom stereocenters. The summed E-state index contributed by atoms with van der Waals surface area (Å²) in [5.74, 6) is -0.402. The van der Waals surface area contributed by atoms with Crippen LogP contribution in [0.1, 0.15) is 44.2 Å². The Balaban J connectivity index is 1.83. The molecule has 3 aromatic rings. The highest BCUT2D eigenvalue weighted by atomic mass is 79.9. The maximum atomic E-state index is 13.8. The highest BCUT2D eigenvalue weighted by molar-refractivity contribution is 9.10. The molecule has 0 radical (unpaired) electrons. The normalized spacial score (nSPS) is 13.0. The average Bonchev–Trinajstić information content (AvgIpc) is 2.96. The first-order valence-electron chi connectivity index (χ1n) is 13.5. The average molecular weight is 629 g/mol. The summed E-state index contributed by atoms with van der Waals surface area (Å²) in [4.78, 5) is 29.2. The largest absolute Gasteiger partial charge is 0.352 e. The molecular formula is C31H38BrN3O4S. The molecular weight excluding hydrogens is 590 g/mol. The van der Waals surface area contributed by atoms with Gasteiger partial charge in [0.15, 0.2) is 0 Å². The Morgan fingerprint density at radius 2 is 1.50 bits per heavy atom. The van der Waals surface area contributed by atoms with Crippen molar-refractivity contribution in [3.05, 3.63) is 101 Å². The lowest BCUT2D eigenvalue weighted by Crippen LogP contribution is -2.52. The number of sulfonamides is 1. The van der Waals surface area contributed by atoms with Crippen LogP contribution in [0, 0.1) is 0 Å². The Morgan fingerprint density at radius 1 is 0.900 bits per heavy atom. The number of hydrogen-bond acceptors (Lipinski definition) is 4. The highest BCUT2D eigenvalue weighted by Gasteiger charge is 2.31. The van der Waals surface area contributed by atoms with E-state index in [1.165, 1.54) is 11.4 Å². The lowest BCUT2D eigenvalue weighted by Gasteiger charge is -2.32. The molecule has 40 heavy (non-hydrogen) atoms. The molecule has 0 aliphatic heterocycles. The first-order valence-corrected chi connectivity index (χ1v) is 15.7. The molecule has 0 saturated heterocycles. The minimum atomic E-state index is -3.66. The van der Waals surface area contributed by atoms with E-state index < -0.39 is 16.1 Å². The maximum absolute atomic E-state index is 13.8. The second kappa shape index (κ2) is 15.1. The van der Waals surface area contributed by atoms with Gasteiger partial charge < -0.3 is 10.2 Å². The van der Waals surface area contributed by atoms with Gasteiger partial charge in [0.2, 0.25) is 21.8 Å². The second-order valence-corrected chi connectivity index (χ2v) is 12.9. The van der Waals surface area contributed by atoms with Crippen LogP contribution in [0.4, 0.5) is 0 Å². The van der Waals surface area contributed by atoms with Gasteiger partial charge in [0.25, 0.3) is 0 Å². The lowest BCUT2D eigenvalue weighted by molar-refractivity contribution is -0.141. The van der Waals surface area contributed by atoms with Crippen molar-refractivity contribution in [1.29, 1.82) is 0 Å². The minimum Gasteiger partial charge on any atom is -0.352 e. The molecule has 214 valence electrons. The van der Waals surface area contributed by atoms with Crippen molar-refractivity contribution in [3.8, 4) is 0 Å². The van der Waals surface area contributed by atoms with Crippen molar-refractivity contribution in [2.45, 2.75) is 63.1 Å².